The quantitative estimate of drug-likeness (QED) is 0.692. The monoisotopic (exact) mass is 284 g/mol. The second kappa shape index (κ2) is 4.99. The first kappa shape index (κ1) is 14.1. The van der Waals surface area contributed by atoms with E-state index in [4.69, 9.17) is 0 Å². The number of hydrogen-bond acceptors (Lipinski definition) is 2. The van der Waals surface area contributed by atoms with Crippen LogP contribution in [0.3, 0.4) is 0 Å². The van der Waals surface area contributed by atoms with Crippen LogP contribution in [0.2, 0.25) is 0 Å². The fourth-order valence-electron chi connectivity index (χ4n) is 2.25. The zero-order valence-corrected chi connectivity index (χ0v) is 10.2. The van der Waals surface area contributed by atoms with E-state index < -0.39 is 23.1 Å². The van der Waals surface area contributed by atoms with Gasteiger partial charge >= 0.3 is 6.18 Å². The Hall–Kier alpha value is -2.31. The highest BCUT2D eigenvalue weighted by Crippen LogP contribution is 2.45. The fraction of sp³-hybridized carbons (Fsp3) is 0.231. The molecule has 0 bridgehead atoms. The van der Waals surface area contributed by atoms with Crippen LogP contribution >= 0.6 is 0 Å². The predicted molar refractivity (Wildman–Crippen MR) is 65.9 cm³/mol. The summed E-state index contributed by atoms with van der Waals surface area (Å²) in [7, 11) is 0. The van der Waals surface area contributed by atoms with E-state index in [0.717, 1.165) is 0 Å². The number of rotatable bonds is 4. The highest BCUT2D eigenvalue weighted by atomic mass is 19.4. The molecule has 2 aromatic rings. The lowest BCUT2D eigenvalue weighted by atomic mass is 9.76. The lowest BCUT2D eigenvalue weighted by Gasteiger charge is -2.32. The van der Waals surface area contributed by atoms with Crippen molar-refractivity contribution in [2.24, 2.45) is 0 Å². The predicted octanol–water partition coefficient (Wildman–Crippen LogP) is 3.14. The summed E-state index contributed by atoms with van der Waals surface area (Å²) in [6.45, 7) is -1.26. The average molecular weight is 284 g/mol. The Morgan fingerprint density at radius 2 is 1.75 bits per heavy atom. The number of nitrogens with zero attached hydrogens (tertiary/aromatic N) is 1. The van der Waals surface area contributed by atoms with E-state index in [0.29, 0.717) is 0 Å². The smallest absolute Gasteiger partial charge is 0.364 e. The van der Waals surface area contributed by atoms with Gasteiger partial charge in [0, 0.05) is 16.8 Å². The lowest BCUT2D eigenvalue weighted by molar-refractivity contribution is -0.498. The molecule has 2 rings (SSSR count). The third kappa shape index (κ3) is 2.26. The number of halogens is 3. The molecule has 0 fully saturated rings. The first-order chi connectivity index (χ1) is 9.38. The number of aromatic amines is 1. The molecule has 106 valence electrons. The average Bonchev–Trinajstić information content (AvgIpc) is 2.89. The molecule has 0 aliphatic rings. The molecule has 0 saturated heterocycles. The molecule has 0 saturated carbocycles. The molecular formula is C13H11F3N2O2. The molecule has 0 radical (unpaired) electrons. The molecule has 0 unspecified atom stereocenters. The van der Waals surface area contributed by atoms with Gasteiger partial charge in [-0.15, -0.1) is 0 Å². The van der Waals surface area contributed by atoms with Crippen LogP contribution in [0.25, 0.3) is 0 Å². The maximum absolute atomic E-state index is 13.7. The van der Waals surface area contributed by atoms with E-state index in [1.54, 1.807) is 6.07 Å². The van der Waals surface area contributed by atoms with E-state index in [9.17, 15) is 23.3 Å². The van der Waals surface area contributed by atoms with Crippen molar-refractivity contribution in [3.63, 3.8) is 0 Å². The Balaban J connectivity index is 2.72. The van der Waals surface area contributed by atoms with E-state index >= 15 is 0 Å². The zero-order valence-electron chi connectivity index (χ0n) is 10.2. The Morgan fingerprint density at radius 1 is 1.10 bits per heavy atom. The molecular weight excluding hydrogens is 273 g/mol. The van der Waals surface area contributed by atoms with Gasteiger partial charge in [-0.2, -0.15) is 13.2 Å². The van der Waals surface area contributed by atoms with Gasteiger partial charge in [0.15, 0.2) is 5.41 Å². The van der Waals surface area contributed by atoms with E-state index in [-0.39, 0.29) is 11.3 Å². The number of nitro groups is 1. The molecule has 1 aromatic carbocycles. The number of aromatic nitrogens is 1. The van der Waals surface area contributed by atoms with Gasteiger partial charge < -0.3 is 4.98 Å². The Labute approximate surface area is 112 Å². The molecule has 20 heavy (non-hydrogen) atoms. The van der Waals surface area contributed by atoms with Crippen molar-refractivity contribution in [1.82, 2.24) is 4.98 Å². The second-order valence-corrected chi connectivity index (χ2v) is 4.34. The van der Waals surface area contributed by atoms with Gasteiger partial charge in [-0.25, -0.2) is 0 Å². The van der Waals surface area contributed by atoms with Crippen LogP contribution in [0.15, 0.2) is 48.7 Å². The molecule has 0 amide bonds. The second-order valence-electron chi connectivity index (χ2n) is 4.34. The summed E-state index contributed by atoms with van der Waals surface area (Å²) >= 11 is 0. The summed E-state index contributed by atoms with van der Waals surface area (Å²) in [6, 6.07) is 9.52. The van der Waals surface area contributed by atoms with Crippen LogP contribution in [0.1, 0.15) is 11.3 Å². The van der Waals surface area contributed by atoms with Gasteiger partial charge in [0.2, 0.25) is 6.54 Å². The van der Waals surface area contributed by atoms with Gasteiger partial charge in [0.05, 0.1) is 0 Å². The molecule has 7 heteroatoms. The zero-order chi connectivity index (χ0) is 14.8. The molecule has 1 atom stereocenters. The van der Waals surface area contributed by atoms with Crippen LogP contribution in [0, 0.1) is 10.1 Å². The summed E-state index contributed by atoms with van der Waals surface area (Å²) in [6.07, 6.45) is -3.48. The van der Waals surface area contributed by atoms with Crippen molar-refractivity contribution in [2.75, 3.05) is 6.54 Å². The normalized spacial score (nSPS) is 14.8. The van der Waals surface area contributed by atoms with E-state index in [1.165, 1.54) is 42.6 Å². The Bertz CT molecular complexity index is 581. The molecule has 1 heterocycles. The fourth-order valence-corrected chi connectivity index (χ4v) is 2.25. The SMILES string of the molecule is O=[N+]([O-])C[C@](c1ccccc1)(c1ccc[nH]1)C(F)(F)F. The number of alkyl halides is 3. The third-order valence-corrected chi connectivity index (χ3v) is 3.17. The van der Waals surface area contributed by atoms with Crippen molar-refractivity contribution in [3.8, 4) is 0 Å². The maximum atomic E-state index is 13.7. The summed E-state index contributed by atoms with van der Waals surface area (Å²) in [5.74, 6) is 0. The number of benzene rings is 1. The molecule has 0 spiro atoms. The largest absolute Gasteiger partial charge is 0.410 e. The van der Waals surface area contributed by atoms with Gasteiger partial charge in [-0.3, -0.25) is 10.1 Å². The molecule has 1 aromatic heterocycles. The lowest BCUT2D eigenvalue weighted by Crippen LogP contribution is -2.49. The van der Waals surface area contributed by atoms with Gasteiger partial charge in [-0.05, 0) is 17.7 Å². The first-order valence-corrected chi connectivity index (χ1v) is 5.76. The van der Waals surface area contributed by atoms with Gasteiger partial charge in [0.25, 0.3) is 0 Å². The van der Waals surface area contributed by atoms with E-state index in [1.807, 2.05) is 0 Å². The Morgan fingerprint density at radius 3 is 2.20 bits per heavy atom. The van der Waals surface area contributed by atoms with Crippen molar-refractivity contribution < 1.29 is 18.1 Å². The summed E-state index contributed by atoms with van der Waals surface area (Å²) < 4.78 is 41.0. The minimum Gasteiger partial charge on any atom is -0.364 e. The highest BCUT2D eigenvalue weighted by Gasteiger charge is 2.61. The minimum absolute atomic E-state index is 0.161. The van der Waals surface area contributed by atoms with Crippen LogP contribution in [-0.4, -0.2) is 22.6 Å². The first-order valence-electron chi connectivity index (χ1n) is 5.76. The number of hydrogen-bond donors (Lipinski definition) is 1. The van der Waals surface area contributed by atoms with Gasteiger partial charge in [-0.1, -0.05) is 30.3 Å². The van der Waals surface area contributed by atoms with E-state index in [2.05, 4.69) is 4.98 Å². The number of H-pyrrole nitrogens is 1. The maximum Gasteiger partial charge on any atom is 0.410 e. The standard InChI is InChI=1S/C13H11F3N2O2/c14-13(15,16)12(9-18(19)20,11-7-4-8-17-11)10-5-2-1-3-6-10/h1-8,17H,9H2/t12-/m0/s1. The van der Waals surface area contributed by atoms with Crippen molar-refractivity contribution in [2.45, 2.75) is 11.6 Å². The van der Waals surface area contributed by atoms with Crippen molar-refractivity contribution in [1.29, 1.82) is 0 Å². The van der Waals surface area contributed by atoms with Crippen LogP contribution in [0.5, 0.6) is 0 Å². The molecule has 0 aliphatic carbocycles. The van der Waals surface area contributed by atoms with Crippen LogP contribution in [0.4, 0.5) is 13.2 Å². The number of nitrogens with one attached hydrogen (secondary N) is 1. The minimum atomic E-state index is -4.80. The highest BCUT2D eigenvalue weighted by molar-refractivity contribution is 5.38. The molecule has 4 nitrogen and oxygen atoms in total. The summed E-state index contributed by atoms with van der Waals surface area (Å²) in [4.78, 5) is 12.3. The summed E-state index contributed by atoms with van der Waals surface area (Å²) in [5.41, 5.74) is -3.08. The summed E-state index contributed by atoms with van der Waals surface area (Å²) in [5, 5.41) is 10.8. The topological polar surface area (TPSA) is 58.9 Å². The Kier molecular flexibility index (Phi) is 3.52. The van der Waals surface area contributed by atoms with Crippen molar-refractivity contribution in [3.05, 3.63) is 70.0 Å². The van der Waals surface area contributed by atoms with Crippen LogP contribution < -0.4 is 0 Å². The molecule has 1 N–H and O–H groups in total. The third-order valence-electron chi connectivity index (χ3n) is 3.17. The van der Waals surface area contributed by atoms with Crippen molar-refractivity contribution >= 4 is 0 Å². The van der Waals surface area contributed by atoms with Crippen LogP contribution in [-0.2, 0) is 5.41 Å². The van der Waals surface area contributed by atoms with Gasteiger partial charge in [0.1, 0.15) is 0 Å². The molecule has 0 aliphatic heterocycles.